The van der Waals surface area contributed by atoms with Crippen molar-refractivity contribution in [2.45, 2.75) is 6.10 Å². The standard InChI is InChI=1S/C17H15NO3S/c19-15(10-18-17(20)14-7-9-22-11-14)12-3-5-13(6-4-12)16-2-1-8-21-16/h1-9,11,15,19H,10H2,(H,18,20)/t15-/m1/s1. The lowest BCUT2D eigenvalue weighted by Crippen LogP contribution is -2.27. The Labute approximate surface area is 132 Å². The molecule has 4 nitrogen and oxygen atoms in total. The predicted octanol–water partition coefficient (Wildman–Crippen LogP) is 3.47. The molecule has 1 amide bonds. The van der Waals surface area contributed by atoms with Crippen molar-refractivity contribution >= 4 is 17.2 Å². The van der Waals surface area contributed by atoms with Gasteiger partial charge in [0, 0.05) is 23.1 Å². The molecule has 0 saturated heterocycles. The van der Waals surface area contributed by atoms with E-state index in [1.165, 1.54) is 11.3 Å². The highest BCUT2D eigenvalue weighted by Gasteiger charge is 2.11. The molecular formula is C17H15NO3S. The van der Waals surface area contributed by atoms with Crippen LogP contribution in [0.25, 0.3) is 11.3 Å². The maximum Gasteiger partial charge on any atom is 0.252 e. The number of hydrogen-bond acceptors (Lipinski definition) is 4. The van der Waals surface area contributed by atoms with E-state index >= 15 is 0 Å². The summed E-state index contributed by atoms with van der Waals surface area (Å²) in [6.45, 7) is 0.175. The summed E-state index contributed by atoms with van der Waals surface area (Å²) in [5, 5.41) is 16.5. The number of amides is 1. The first-order valence-electron chi connectivity index (χ1n) is 6.86. The van der Waals surface area contributed by atoms with Crippen LogP contribution in [0, 0.1) is 0 Å². The number of benzene rings is 1. The maximum atomic E-state index is 11.8. The highest BCUT2D eigenvalue weighted by atomic mass is 32.1. The van der Waals surface area contributed by atoms with Gasteiger partial charge in [-0.3, -0.25) is 4.79 Å². The molecule has 0 aliphatic carbocycles. The molecule has 0 aliphatic heterocycles. The van der Waals surface area contributed by atoms with Gasteiger partial charge in [0.15, 0.2) is 0 Å². The minimum Gasteiger partial charge on any atom is -0.464 e. The van der Waals surface area contributed by atoms with E-state index in [4.69, 9.17) is 4.42 Å². The molecule has 22 heavy (non-hydrogen) atoms. The summed E-state index contributed by atoms with van der Waals surface area (Å²) in [6.07, 6.45) is 0.881. The third-order valence-corrected chi connectivity index (χ3v) is 4.02. The third-order valence-electron chi connectivity index (χ3n) is 3.34. The monoisotopic (exact) mass is 313 g/mol. The minimum absolute atomic E-state index is 0.174. The maximum absolute atomic E-state index is 11.8. The Kier molecular flexibility index (Phi) is 4.37. The van der Waals surface area contributed by atoms with Gasteiger partial charge in [-0.1, -0.05) is 24.3 Å². The van der Waals surface area contributed by atoms with Crippen molar-refractivity contribution in [3.05, 3.63) is 70.6 Å². The van der Waals surface area contributed by atoms with Gasteiger partial charge in [-0.2, -0.15) is 11.3 Å². The van der Waals surface area contributed by atoms with E-state index in [0.29, 0.717) is 5.56 Å². The van der Waals surface area contributed by atoms with Gasteiger partial charge in [0.25, 0.3) is 5.91 Å². The predicted molar refractivity (Wildman–Crippen MR) is 85.8 cm³/mol. The fraction of sp³-hybridized carbons (Fsp3) is 0.118. The van der Waals surface area contributed by atoms with Crippen LogP contribution in [-0.4, -0.2) is 17.6 Å². The number of hydrogen-bond donors (Lipinski definition) is 2. The number of nitrogens with one attached hydrogen (secondary N) is 1. The van der Waals surface area contributed by atoms with E-state index in [0.717, 1.165) is 16.9 Å². The Bertz CT molecular complexity index is 718. The molecule has 0 unspecified atom stereocenters. The molecule has 0 spiro atoms. The van der Waals surface area contributed by atoms with Gasteiger partial charge in [0.05, 0.1) is 12.4 Å². The van der Waals surface area contributed by atoms with E-state index in [-0.39, 0.29) is 12.5 Å². The van der Waals surface area contributed by atoms with Crippen molar-refractivity contribution in [2.75, 3.05) is 6.54 Å². The summed E-state index contributed by atoms with van der Waals surface area (Å²) < 4.78 is 5.32. The lowest BCUT2D eigenvalue weighted by molar-refractivity contribution is 0.0917. The first-order chi connectivity index (χ1) is 10.7. The molecule has 112 valence electrons. The number of furan rings is 1. The number of aliphatic hydroxyl groups excluding tert-OH is 1. The fourth-order valence-electron chi connectivity index (χ4n) is 2.12. The number of thiophene rings is 1. The quantitative estimate of drug-likeness (QED) is 0.758. The number of rotatable bonds is 5. The smallest absolute Gasteiger partial charge is 0.252 e. The van der Waals surface area contributed by atoms with Crippen molar-refractivity contribution in [1.82, 2.24) is 5.32 Å². The summed E-state index contributed by atoms with van der Waals surface area (Å²) in [4.78, 5) is 11.8. The zero-order valence-electron chi connectivity index (χ0n) is 11.7. The molecule has 0 aliphatic rings. The highest BCUT2D eigenvalue weighted by Crippen LogP contribution is 2.22. The third kappa shape index (κ3) is 3.27. The molecule has 0 radical (unpaired) electrons. The van der Waals surface area contributed by atoms with Crippen LogP contribution in [0.5, 0.6) is 0 Å². The Morgan fingerprint density at radius 3 is 2.68 bits per heavy atom. The summed E-state index contributed by atoms with van der Waals surface area (Å²) in [5.41, 5.74) is 2.31. The molecule has 2 heterocycles. The van der Waals surface area contributed by atoms with E-state index in [9.17, 15) is 9.90 Å². The van der Waals surface area contributed by atoms with Crippen LogP contribution in [0.2, 0.25) is 0 Å². The van der Waals surface area contributed by atoms with Gasteiger partial charge in [0.2, 0.25) is 0 Å². The van der Waals surface area contributed by atoms with Crippen molar-refractivity contribution in [3.8, 4) is 11.3 Å². The second-order valence-corrected chi connectivity index (χ2v) is 5.62. The van der Waals surface area contributed by atoms with Gasteiger partial charge in [-0.15, -0.1) is 0 Å². The Hall–Kier alpha value is -2.37. The lowest BCUT2D eigenvalue weighted by atomic mass is 10.1. The molecule has 0 bridgehead atoms. The van der Waals surface area contributed by atoms with Gasteiger partial charge in [0.1, 0.15) is 5.76 Å². The van der Waals surface area contributed by atoms with Crippen molar-refractivity contribution < 1.29 is 14.3 Å². The molecule has 2 N–H and O–H groups in total. The Morgan fingerprint density at radius 2 is 2.05 bits per heavy atom. The number of aliphatic hydroxyl groups is 1. The highest BCUT2D eigenvalue weighted by molar-refractivity contribution is 7.08. The molecule has 0 saturated carbocycles. The average Bonchev–Trinajstić information content (AvgIpc) is 3.25. The number of carbonyl (C=O) groups is 1. The fourth-order valence-corrected chi connectivity index (χ4v) is 2.75. The second-order valence-electron chi connectivity index (χ2n) is 4.84. The van der Waals surface area contributed by atoms with Crippen LogP contribution in [-0.2, 0) is 0 Å². The van der Waals surface area contributed by atoms with Crippen LogP contribution >= 0.6 is 11.3 Å². The van der Waals surface area contributed by atoms with Crippen molar-refractivity contribution in [2.24, 2.45) is 0 Å². The first kappa shape index (κ1) is 14.6. The zero-order chi connectivity index (χ0) is 15.4. The van der Waals surface area contributed by atoms with Gasteiger partial charge in [-0.05, 0) is 29.1 Å². The largest absolute Gasteiger partial charge is 0.464 e. The second kappa shape index (κ2) is 6.60. The van der Waals surface area contributed by atoms with Crippen LogP contribution in [0.15, 0.2) is 63.9 Å². The molecule has 5 heteroatoms. The van der Waals surface area contributed by atoms with Gasteiger partial charge < -0.3 is 14.8 Å². The average molecular weight is 313 g/mol. The van der Waals surface area contributed by atoms with Crippen LogP contribution in [0.4, 0.5) is 0 Å². The summed E-state index contributed by atoms with van der Waals surface area (Å²) in [7, 11) is 0. The molecular weight excluding hydrogens is 298 g/mol. The topological polar surface area (TPSA) is 62.5 Å². The molecule has 1 atom stereocenters. The summed E-state index contributed by atoms with van der Waals surface area (Å²) >= 11 is 1.47. The Balaban J connectivity index is 1.60. The van der Waals surface area contributed by atoms with E-state index < -0.39 is 6.10 Å². The van der Waals surface area contributed by atoms with Crippen LogP contribution in [0.1, 0.15) is 22.0 Å². The SMILES string of the molecule is O=C(NC[C@@H](O)c1ccc(-c2ccco2)cc1)c1ccsc1. The van der Waals surface area contributed by atoms with E-state index in [1.807, 2.05) is 41.8 Å². The van der Waals surface area contributed by atoms with Crippen LogP contribution in [0.3, 0.4) is 0 Å². The van der Waals surface area contributed by atoms with Gasteiger partial charge in [-0.25, -0.2) is 0 Å². The molecule has 3 rings (SSSR count). The molecule has 2 aromatic heterocycles. The summed E-state index contributed by atoms with van der Waals surface area (Å²) in [6, 6.07) is 12.9. The molecule has 0 fully saturated rings. The van der Waals surface area contributed by atoms with Crippen molar-refractivity contribution in [3.63, 3.8) is 0 Å². The van der Waals surface area contributed by atoms with Crippen LogP contribution < -0.4 is 5.32 Å². The number of carbonyl (C=O) groups excluding carboxylic acids is 1. The molecule has 3 aromatic rings. The summed E-state index contributed by atoms with van der Waals surface area (Å²) in [5.74, 6) is 0.610. The first-order valence-corrected chi connectivity index (χ1v) is 7.80. The minimum atomic E-state index is -0.742. The zero-order valence-corrected chi connectivity index (χ0v) is 12.5. The molecule has 1 aromatic carbocycles. The Morgan fingerprint density at radius 1 is 1.23 bits per heavy atom. The van der Waals surface area contributed by atoms with E-state index in [2.05, 4.69) is 5.32 Å². The lowest BCUT2D eigenvalue weighted by Gasteiger charge is -2.12. The van der Waals surface area contributed by atoms with Crippen molar-refractivity contribution in [1.29, 1.82) is 0 Å². The van der Waals surface area contributed by atoms with Gasteiger partial charge >= 0.3 is 0 Å². The normalized spacial score (nSPS) is 12.0. The van der Waals surface area contributed by atoms with E-state index in [1.54, 1.807) is 17.7 Å².